The number of hydrogen-bond donors (Lipinski definition) is 0. The second-order valence-electron chi connectivity index (χ2n) is 12.6. The van der Waals surface area contributed by atoms with Crippen molar-refractivity contribution < 1.29 is 9.47 Å². The van der Waals surface area contributed by atoms with Crippen LogP contribution in [0, 0.1) is 0 Å². The van der Waals surface area contributed by atoms with Crippen LogP contribution in [0.15, 0.2) is 122 Å². The summed E-state index contributed by atoms with van der Waals surface area (Å²) in [6, 6.07) is 0. The van der Waals surface area contributed by atoms with Crippen LogP contribution in [0.2, 0.25) is 0 Å². The summed E-state index contributed by atoms with van der Waals surface area (Å²) in [6.45, 7) is 14.8. The molecule has 2 nitrogen and oxygen atoms in total. The molecule has 0 rings (SSSR count). The van der Waals surface area contributed by atoms with Gasteiger partial charge < -0.3 is 9.47 Å². The Morgan fingerprint density at radius 1 is 0.320 bits per heavy atom. The van der Waals surface area contributed by atoms with Crippen LogP contribution in [-0.4, -0.2) is 25.4 Å². The molecule has 2 unspecified atom stereocenters. The lowest BCUT2D eigenvalue weighted by Gasteiger charge is -2.09. The summed E-state index contributed by atoms with van der Waals surface area (Å²) in [5.41, 5.74) is 0. The Labute approximate surface area is 312 Å². The van der Waals surface area contributed by atoms with Crippen molar-refractivity contribution in [3.05, 3.63) is 122 Å². The highest BCUT2D eigenvalue weighted by Gasteiger charge is 1.97. The standard InChI is InChI=1S/2C24H40O/c2*1-4-6-7-8-9-10-11-12-13-14-15-16-17-18-19-20-21-22-23-25-24(3)5-2/h2*6-7,9-10,12-13,15-16,18-19,24H,4-5,8,11,14,17,20-23H2,1-3H3/b2*7-6-,10-9-,13-12-,16-15-,19-18-. The first kappa shape index (κ1) is 49.4. The molecule has 284 valence electrons. The van der Waals surface area contributed by atoms with Gasteiger partial charge in [0.1, 0.15) is 0 Å². The number of allylic oxidation sites excluding steroid dienone is 20. The van der Waals surface area contributed by atoms with Gasteiger partial charge in [-0.1, -0.05) is 149 Å². The Hall–Kier alpha value is -2.68. The fraction of sp³-hybridized carbons (Fsp3) is 0.583. The Morgan fingerprint density at radius 2 is 0.560 bits per heavy atom. The average Bonchev–Trinajstić information content (AvgIpc) is 3.13. The van der Waals surface area contributed by atoms with Gasteiger partial charge in [0.15, 0.2) is 0 Å². The van der Waals surface area contributed by atoms with E-state index >= 15 is 0 Å². The number of ether oxygens (including phenoxy) is 2. The largest absolute Gasteiger partial charge is 0.379 e. The zero-order valence-electron chi connectivity index (χ0n) is 33.7. The molecule has 0 aliphatic carbocycles. The molecule has 0 aliphatic heterocycles. The van der Waals surface area contributed by atoms with Gasteiger partial charge in [-0.2, -0.15) is 0 Å². The molecule has 0 fully saturated rings. The lowest BCUT2D eigenvalue weighted by atomic mass is 10.2. The van der Waals surface area contributed by atoms with Gasteiger partial charge >= 0.3 is 0 Å². The second-order valence-corrected chi connectivity index (χ2v) is 12.6. The third kappa shape index (κ3) is 47.4. The third-order valence-corrected chi connectivity index (χ3v) is 7.80. The molecule has 2 atom stereocenters. The predicted octanol–water partition coefficient (Wildman–Crippen LogP) is 15.4. The minimum absolute atomic E-state index is 0.411. The minimum Gasteiger partial charge on any atom is -0.379 e. The van der Waals surface area contributed by atoms with Gasteiger partial charge in [-0.3, -0.25) is 0 Å². The van der Waals surface area contributed by atoms with E-state index in [9.17, 15) is 0 Å². The van der Waals surface area contributed by atoms with E-state index in [1.807, 2.05) is 0 Å². The van der Waals surface area contributed by atoms with Crippen LogP contribution in [0.5, 0.6) is 0 Å². The van der Waals surface area contributed by atoms with Crippen molar-refractivity contribution in [2.75, 3.05) is 13.2 Å². The van der Waals surface area contributed by atoms with Gasteiger partial charge in [-0.05, 0) is 129 Å². The normalized spacial score (nSPS) is 14.2. The quantitative estimate of drug-likeness (QED) is 0.0517. The van der Waals surface area contributed by atoms with Crippen molar-refractivity contribution in [1.29, 1.82) is 0 Å². The average molecular weight is 689 g/mol. The smallest absolute Gasteiger partial charge is 0.0544 e. The molecular weight excluding hydrogens is 609 g/mol. The highest BCUT2D eigenvalue weighted by Crippen LogP contribution is 2.04. The highest BCUT2D eigenvalue weighted by atomic mass is 16.5. The first-order chi connectivity index (χ1) is 24.6. The molecule has 0 heterocycles. The van der Waals surface area contributed by atoms with Gasteiger partial charge in [0.25, 0.3) is 0 Å². The van der Waals surface area contributed by atoms with Gasteiger partial charge in [0, 0.05) is 13.2 Å². The Morgan fingerprint density at radius 3 is 0.800 bits per heavy atom. The van der Waals surface area contributed by atoms with Gasteiger partial charge in [-0.15, -0.1) is 0 Å². The van der Waals surface area contributed by atoms with Crippen molar-refractivity contribution in [1.82, 2.24) is 0 Å². The van der Waals surface area contributed by atoms with Gasteiger partial charge in [0.2, 0.25) is 0 Å². The number of unbranched alkanes of at least 4 members (excludes halogenated alkanes) is 4. The monoisotopic (exact) mass is 689 g/mol. The topological polar surface area (TPSA) is 18.5 Å². The molecule has 0 N–H and O–H groups in total. The summed E-state index contributed by atoms with van der Waals surface area (Å²) in [5.74, 6) is 0. The maximum Gasteiger partial charge on any atom is 0.0544 e. The summed E-state index contributed by atoms with van der Waals surface area (Å²) >= 11 is 0. The lowest BCUT2D eigenvalue weighted by Crippen LogP contribution is -2.07. The van der Waals surface area contributed by atoms with Crippen LogP contribution >= 0.6 is 0 Å². The summed E-state index contributed by atoms with van der Waals surface area (Å²) < 4.78 is 11.3. The summed E-state index contributed by atoms with van der Waals surface area (Å²) in [4.78, 5) is 0. The highest BCUT2D eigenvalue weighted by molar-refractivity contribution is 5.02. The van der Waals surface area contributed by atoms with Gasteiger partial charge in [0.05, 0.1) is 12.2 Å². The number of rotatable bonds is 32. The van der Waals surface area contributed by atoms with E-state index in [1.165, 1.54) is 25.7 Å². The Balaban J connectivity index is 0. The third-order valence-electron chi connectivity index (χ3n) is 7.80. The second kappa shape index (κ2) is 46.3. The SMILES string of the molecule is CC/C=C\C/C=C\C/C=C\C/C=C\C/C=C\CCCCOC(C)CC.CC/C=C\C/C=C\C/C=C\C/C=C\C/C=C\CCCCOC(C)CC. The van der Waals surface area contributed by atoms with Crippen molar-refractivity contribution in [2.24, 2.45) is 0 Å². The molecule has 2 heteroatoms. The molecular formula is C48H80O2. The van der Waals surface area contributed by atoms with Crippen LogP contribution in [0.1, 0.15) is 157 Å². The van der Waals surface area contributed by atoms with Crippen LogP contribution in [0.3, 0.4) is 0 Å². The first-order valence-corrected chi connectivity index (χ1v) is 20.3. The van der Waals surface area contributed by atoms with Crippen molar-refractivity contribution in [3.63, 3.8) is 0 Å². The van der Waals surface area contributed by atoms with E-state index in [-0.39, 0.29) is 0 Å². The van der Waals surface area contributed by atoms with Crippen LogP contribution in [0.25, 0.3) is 0 Å². The molecule has 0 spiro atoms. The lowest BCUT2D eigenvalue weighted by molar-refractivity contribution is 0.0610. The predicted molar refractivity (Wildman–Crippen MR) is 228 cm³/mol. The van der Waals surface area contributed by atoms with Crippen molar-refractivity contribution in [3.8, 4) is 0 Å². The van der Waals surface area contributed by atoms with E-state index in [0.717, 1.165) is 103 Å². The van der Waals surface area contributed by atoms with E-state index in [2.05, 4.69) is 163 Å². The van der Waals surface area contributed by atoms with E-state index in [0.29, 0.717) is 12.2 Å². The zero-order chi connectivity index (χ0) is 36.9. The molecule has 0 saturated carbocycles. The summed E-state index contributed by atoms with van der Waals surface area (Å²) in [5, 5.41) is 0. The molecule has 50 heavy (non-hydrogen) atoms. The molecule has 0 aromatic carbocycles. The molecule has 0 aliphatic rings. The fourth-order valence-electron chi connectivity index (χ4n) is 4.27. The molecule has 0 radical (unpaired) electrons. The first-order valence-electron chi connectivity index (χ1n) is 20.3. The zero-order valence-corrected chi connectivity index (χ0v) is 33.7. The Kier molecular flexibility index (Phi) is 45.8. The molecule has 0 aromatic rings. The van der Waals surface area contributed by atoms with Crippen molar-refractivity contribution >= 4 is 0 Å². The van der Waals surface area contributed by atoms with Crippen LogP contribution < -0.4 is 0 Å². The molecule has 0 bridgehead atoms. The number of hydrogen-bond acceptors (Lipinski definition) is 2. The van der Waals surface area contributed by atoms with Gasteiger partial charge in [-0.25, -0.2) is 0 Å². The molecule has 0 amide bonds. The molecule has 0 aromatic heterocycles. The minimum atomic E-state index is 0.411. The van der Waals surface area contributed by atoms with E-state index < -0.39 is 0 Å². The van der Waals surface area contributed by atoms with Crippen LogP contribution in [-0.2, 0) is 9.47 Å². The van der Waals surface area contributed by atoms with E-state index in [4.69, 9.17) is 9.47 Å². The van der Waals surface area contributed by atoms with Crippen LogP contribution in [0.4, 0.5) is 0 Å². The maximum atomic E-state index is 5.67. The van der Waals surface area contributed by atoms with Crippen molar-refractivity contribution in [2.45, 2.75) is 169 Å². The summed E-state index contributed by atoms with van der Waals surface area (Å²) in [6.07, 6.45) is 65.6. The Bertz CT molecular complexity index is 875. The fourth-order valence-corrected chi connectivity index (χ4v) is 4.27. The molecule has 0 saturated heterocycles. The maximum absolute atomic E-state index is 5.67. The van der Waals surface area contributed by atoms with E-state index in [1.54, 1.807) is 0 Å². The summed E-state index contributed by atoms with van der Waals surface area (Å²) in [7, 11) is 0.